The van der Waals surface area contributed by atoms with Crippen LogP contribution in [-0.4, -0.2) is 5.91 Å². The number of amides is 1. The summed E-state index contributed by atoms with van der Waals surface area (Å²) in [5.74, 6) is 4.60. The molecule has 3 heteroatoms. The van der Waals surface area contributed by atoms with Gasteiger partial charge >= 0.3 is 0 Å². The van der Waals surface area contributed by atoms with E-state index in [0.29, 0.717) is 0 Å². The number of carbonyl (C=O) groups excluding carboxylic acids is 1. The molecule has 0 unspecified atom stereocenters. The molecule has 1 amide bonds. The Labute approximate surface area is 77.2 Å². The fourth-order valence-corrected chi connectivity index (χ4v) is 0.898. The number of hydrogen-bond acceptors (Lipinski definition) is 2. The second-order valence-electron chi connectivity index (χ2n) is 2.75. The SMILES string of the molecule is Cc1ccc(C=CC(=O)NN)cc1. The fourth-order valence-electron chi connectivity index (χ4n) is 0.898. The van der Waals surface area contributed by atoms with Gasteiger partial charge in [0.1, 0.15) is 0 Å². The van der Waals surface area contributed by atoms with Crippen LogP contribution in [0.3, 0.4) is 0 Å². The highest BCUT2D eigenvalue weighted by molar-refractivity contribution is 5.91. The average Bonchev–Trinajstić information content (AvgIpc) is 2.16. The van der Waals surface area contributed by atoms with Crippen molar-refractivity contribution in [3.05, 3.63) is 41.5 Å². The molecule has 0 fully saturated rings. The summed E-state index contributed by atoms with van der Waals surface area (Å²) in [6.45, 7) is 2.01. The Morgan fingerprint density at radius 3 is 2.54 bits per heavy atom. The van der Waals surface area contributed by atoms with Crippen LogP contribution in [0.5, 0.6) is 0 Å². The summed E-state index contributed by atoms with van der Waals surface area (Å²) in [5, 5.41) is 0. The van der Waals surface area contributed by atoms with E-state index in [1.807, 2.05) is 36.6 Å². The lowest BCUT2D eigenvalue weighted by molar-refractivity contribution is -0.116. The van der Waals surface area contributed by atoms with E-state index in [1.54, 1.807) is 6.08 Å². The number of hydrazine groups is 1. The maximum absolute atomic E-state index is 10.7. The van der Waals surface area contributed by atoms with Crippen molar-refractivity contribution < 1.29 is 4.79 Å². The van der Waals surface area contributed by atoms with Crippen LogP contribution in [0.4, 0.5) is 0 Å². The molecule has 1 rings (SSSR count). The highest BCUT2D eigenvalue weighted by atomic mass is 16.2. The molecule has 0 aliphatic rings. The van der Waals surface area contributed by atoms with E-state index in [9.17, 15) is 4.79 Å². The third kappa shape index (κ3) is 3.09. The van der Waals surface area contributed by atoms with Gasteiger partial charge in [-0.05, 0) is 18.6 Å². The molecule has 1 aromatic carbocycles. The van der Waals surface area contributed by atoms with Crippen LogP contribution in [0.15, 0.2) is 30.3 Å². The Morgan fingerprint density at radius 1 is 1.38 bits per heavy atom. The van der Waals surface area contributed by atoms with Crippen molar-refractivity contribution >= 4 is 12.0 Å². The van der Waals surface area contributed by atoms with E-state index in [2.05, 4.69) is 0 Å². The van der Waals surface area contributed by atoms with E-state index in [-0.39, 0.29) is 5.91 Å². The molecular weight excluding hydrogens is 164 g/mol. The second-order valence-corrected chi connectivity index (χ2v) is 2.75. The summed E-state index contributed by atoms with van der Waals surface area (Å²) in [7, 11) is 0. The minimum Gasteiger partial charge on any atom is -0.291 e. The van der Waals surface area contributed by atoms with Gasteiger partial charge in [0.2, 0.25) is 0 Å². The molecule has 0 aliphatic carbocycles. The molecular formula is C10H12N2O. The molecule has 0 saturated carbocycles. The lowest BCUT2D eigenvalue weighted by atomic mass is 10.1. The van der Waals surface area contributed by atoms with Crippen LogP contribution in [0, 0.1) is 6.92 Å². The average molecular weight is 176 g/mol. The van der Waals surface area contributed by atoms with E-state index < -0.39 is 0 Å². The van der Waals surface area contributed by atoms with Gasteiger partial charge in [-0.1, -0.05) is 29.8 Å². The molecule has 0 aliphatic heterocycles. The third-order valence-electron chi connectivity index (χ3n) is 1.65. The molecule has 13 heavy (non-hydrogen) atoms. The molecule has 0 aromatic heterocycles. The molecule has 0 saturated heterocycles. The first-order valence-corrected chi connectivity index (χ1v) is 3.97. The Kier molecular flexibility index (Phi) is 3.23. The molecule has 0 bridgehead atoms. The van der Waals surface area contributed by atoms with Crippen LogP contribution in [-0.2, 0) is 4.79 Å². The highest BCUT2D eigenvalue weighted by Gasteiger charge is 1.89. The highest BCUT2D eigenvalue weighted by Crippen LogP contribution is 2.04. The zero-order valence-corrected chi connectivity index (χ0v) is 7.45. The number of carbonyl (C=O) groups is 1. The van der Waals surface area contributed by atoms with Gasteiger partial charge in [0, 0.05) is 6.08 Å². The van der Waals surface area contributed by atoms with Gasteiger partial charge in [-0.25, -0.2) is 5.84 Å². The van der Waals surface area contributed by atoms with Crippen molar-refractivity contribution in [3.8, 4) is 0 Å². The van der Waals surface area contributed by atoms with Crippen molar-refractivity contribution in [2.75, 3.05) is 0 Å². The first-order chi connectivity index (χ1) is 6.22. The Balaban J connectivity index is 2.69. The molecule has 0 spiro atoms. The maximum atomic E-state index is 10.7. The van der Waals surface area contributed by atoms with Crippen LogP contribution in [0.2, 0.25) is 0 Å². The van der Waals surface area contributed by atoms with Gasteiger partial charge in [-0.2, -0.15) is 0 Å². The van der Waals surface area contributed by atoms with E-state index in [0.717, 1.165) is 5.56 Å². The van der Waals surface area contributed by atoms with Crippen molar-refractivity contribution in [2.45, 2.75) is 6.92 Å². The standard InChI is InChI=1S/C10H12N2O/c1-8-2-4-9(5-3-8)6-7-10(13)12-11/h2-7H,11H2,1H3,(H,12,13). The quantitative estimate of drug-likeness (QED) is 0.305. The van der Waals surface area contributed by atoms with Crippen LogP contribution in [0.1, 0.15) is 11.1 Å². The smallest absolute Gasteiger partial charge is 0.257 e. The number of nitrogens with two attached hydrogens (primary N) is 1. The summed E-state index contributed by atoms with van der Waals surface area (Å²) in [6.07, 6.45) is 3.10. The lowest BCUT2D eigenvalue weighted by Crippen LogP contribution is -2.27. The summed E-state index contributed by atoms with van der Waals surface area (Å²) in [4.78, 5) is 10.7. The largest absolute Gasteiger partial charge is 0.291 e. The van der Waals surface area contributed by atoms with Crippen LogP contribution in [0.25, 0.3) is 6.08 Å². The minimum absolute atomic E-state index is 0.305. The molecule has 3 N–H and O–H groups in total. The number of aryl methyl sites for hydroxylation is 1. The lowest BCUT2D eigenvalue weighted by Gasteiger charge is -1.94. The van der Waals surface area contributed by atoms with Crippen molar-refractivity contribution in [1.82, 2.24) is 5.43 Å². The Morgan fingerprint density at radius 2 is 2.00 bits per heavy atom. The van der Waals surface area contributed by atoms with Crippen molar-refractivity contribution in [3.63, 3.8) is 0 Å². The van der Waals surface area contributed by atoms with Crippen molar-refractivity contribution in [1.29, 1.82) is 0 Å². The van der Waals surface area contributed by atoms with Crippen molar-refractivity contribution in [2.24, 2.45) is 5.84 Å². The molecule has 0 atom stereocenters. The molecule has 0 heterocycles. The van der Waals surface area contributed by atoms with Gasteiger partial charge in [0.05, 0.1) is 0 Å². The molecule has 68 valence electrons. The first-order valence-electron chi connectivity index (χ1n) is 3.97. The number of nitrogens with one attached hydrogen (secondary N) is 1. The summed E-state index contributed by atoms with van der Waals surface area (Å²) < 4.78 is 0. The Bertz CT molecular complexity index is 314. The summed E-state index contributed by atoms with van der Waals surface area (Å²) in [5.41, 5.74) is 4.20. The zero-order valence-electron chi connectivity index (χ0n) is 7.45. The fraction of sp³-hybridized carbons (Fsp3) is 0.100. The molecule has 0 radical (unpaired) electrons. The van der Waals surface area contributed by atoms with E-state index in [1.165, 1.54) is 11.6 Å². The minimum atomic E-state index is -0.305. The van der Waals surface area contributed by atoms with Gasteiger partial charge in [0.15, 0.2) is 0 Å². The molecule has 1 aromatic rings. The first kappa shape index (κ1) is 9.48. The number of rotatable bonds is 2. The number of benzene rings is 1. The summed E-state index contributed by atoms with van der Waals surface area (Å²) in [6, 6.07) is 7.85. The predicted molar refractivity (Wildman–Crippen MR) is 52.5 cm³/mol. The van der Waals surface area contributed by atoms with Gasteiger partial charge in [0.25, 0.3) is 5.91 Å². The van der Waals surface area contributed by atoms with E-state index in [4.69, 9.17) is 5.84 Å². The van der Waals surface area contributed by atoms with Gasteiger partial charge in [-0.15, -0.1) is 0 Å². The monoisotopic (exact) mass is 176 g/mol. The third-order valence-corrected chi connectivity index (χ3v) is 1.65. The normalized spacial score (nSPS) is 10.3. The van der Waals surface area contributed by atoms with Gasteiger partial charge < -0.3 is 0 Å². The van der Waals surface area contributed by atoms with Crippen LogP contribution < -0.4 is 11.3 Å². The second kappa shape index (κ2) is 4.42. The molecule has 3 nitrogen and oxygen atoms in total. The van der Waals surface area contributed by atoms with Gasteiger partial charge in [-0.3, -0.25) is 10.2 Å². The predicted octanol–water partition coefficient (Wildman–Crippen LogP) is 0.998. The number of hydrogen-bond donors (Lipinski definition) is 2. The zero-order chi connectivity index (χ0) is 9.68. The maximum Gasteiger partial charge on any atom is 0.257 e. The van der Waals surface area contributed by atoms with E-state index >= 15 is 0 Å². The Hall–Kier alpha value is -1.61. The summed E-state index contributed by atoms with van der Waals surface area (Å²) >= 11 is 0. The topological polar surface area (TPSA) is 55.1 Å². The van der Waals surface area contributed by atoms with Crippen LogP contribution >= 0.6 is 0 Å².